The highest BCUT2D eigenvalue weighted by atomic mass is 16.6. The Balaban J connectivity index is 1.07. The van der Waals surface area contributed by atoms with E-state index in [2.05, 4.69) is 10.2 Å². The quantitative estimate of drug-likeness (QED) is 0.335. The number of aromatic hydroxyl groups is 1. The molecule has 6 rings (SSSR count). The van der Waals surface area contributed by atoms with E-state index in [1.165, 1.54) is 0 Å². The van der Waals surface area contributed by atoms with Crippen LogP contribution >= 0.6 is 0 Å². The first-order valence-electron chi connectivity index (χ1n) is 18.6. The Hall–Kier alpha value is -4.26. The molecule has 13 heteroatoms. The van der Waals surface area contributed by atoms with Gasteiger partial charge in [-0.1, -0.05) is 37.2 Å². The first kappa shape index (κ1) is 36.5. The first-order valence-corrected chi connectivity index (χ1v) is 18.6. The summed E-state index contributed by atoms with van der Waals surface area (Å²) in [4.78, 5) is 59.8. The zero-order valence-electron chi connectivity index (χ0n) is 29.9. The van der Waals surface area contributed by atoms with E-state index >= 15 is 0 Å². The molecule has 0 unspecified atom stereocenters. The number of para-hydroxylation sites is 1. The summed E-state index contributed by atoms with van der Waals surface area (Å²) in [5.41, 5.74) is 4.10. The van der Waals surface area contributed by atoms with Crippen LogP contribution in [0.2, 0.25) is 6.82 Å². The number of nitrogens with one attached hydrogen (secondary N) is 1. The predicted molar refractivity (Wildman–Crippen MR) is 195 cm³/mol. The molecule has 3 fully saturated rings. The van der Waals surface area contributed by atoms with Gasteiger partial charge in [0.1, 0.15) is 5.75 Å². The van der Waals surface area contributed by atoms with Gasteiger partial charge in [0.25, 0.3) is 5.91 Å². The van der Waals surface area contributed by atoms with Crippen molar-refractivity contribution in [1.29, 1.82) is 0 Å². The standard InChI is InChI=1S/C38H51BN5O7/c1-25-21-27(22-31(39-2)35(25)47)23-33(36(48)42-19-17-41(18-20-42)29-9-7-26(8-10-29)24-34(45)46)51-38(50)43-14-12-30(13-15-43)44-16-11-28-5-3-4-6-32(28)40-37(44)49/h3-6,21-22,26,29-30,33,47H,7-20,23-24H2,1-2H3,(H,40,49)(H,45,46)/t26?,29?,33-/m1/s1. The van der Waals surface area contributed by atoms with Gasteiger partial charge in [-0.25, -0.2) is 9.59 Å². The molecule has 0 spiro atoms. The van der Waals surface area contributed by atoms with E-state index in [9.17, 15) is 29.4 Å². The van der Waals surface area contributed by atoms with E-state index < -0.39 is 18.2 Å². The summed E-state index contributed by atoms with van der Waals surface area (Å²) in [5.74, 6) is -0.523. The number of hydrogen-bond acceptors (Lipinski definition) is 7. The molecule has 3 heterocycles. The number of nitrogens with zero attached hydrogens (tertiary/aromatic N) is 4. The monoisotopic (exact) mass is 700 g/mol. The van der Waals surface area contributed by atoms with Crippen LogP contribution in [0, 0.1) is 12.8 Å². The second-order valence-electron chi connectivity index (χ2n) is 14.6. The molecule has 1 radical (unpaired) electrons. The molecule has 2 saturated heterocycles. The summed E-state index contributed by atoms with van der Waals surface area (Å²) < 4.78 is 6.07. The Kier molecular flexibility index (Phi) is 11.7. The van der Waals surface area contributed by atoms with E-state index in [0.29, 0.717) is 62.6 Å². The van der Waals surface area contributed by atoms with Crippen LogP contribution in [0.1, 0.15) is 61.6 Å². The Morgan fingerprint density at radius 1 is 0.922 bits per heavy atom. The minimum atomic E-state index is -1.03. The molecule has 0 aromatic heterocycles. The number of anilines is 1. The van der Waals surface area contributed by atoms with Crippen molar-refractivity contribution in [1.82, 2.24) is 19.6 Å². The number of carbonyl (C=O) groups is 4. The number of aliphatic carboxylic acids is 1. The highest BCUT2D eigenvalue weighted by Crippen LogP contribution is 2.31. The van der Waals surface area contributed by atoms with Gasteiger partial charge in [-0.05, 0) is 86.0 Å². The zero-order valence-corrected chi connectivity index (χ0v) is 29.9. The number of phenolic OH excluding ortho intramolecular Hbond substituents is 1. The molecular weight excluding hydrogens is 649 g/mol. The lowest BCUT2D eigenvalue weighted by molar-refractivity contribution is -0.143. The van der Waals surface area contributed by atoms with Crippen molar-refractivity contribution < 1.29 is 34.1 Å². The van der Waals surface area contributed by atoms with Gasteiger partial charge in [-0.15, -0.1) is 0 Å². The number of urea groups is 1. The summed E-state index contributed by atoms with van der Waals surface area (Å²) in [5, 5.41) is 22.7. The fraction of sp³-hybridized carbons (Fsp3) is 0.579. The van der Waals surface area contributed by atoms with Gasteiger partial charge in [-0.2, -0.15) is 0 Å². The third-order valence-electron chi connectivity index (χ3n) is 11.4. The number of phenols is 1. The number of likely N-dealkylation sites (tertiary alicyclic amines) is 1. The van der Waals surface area contributed by atoms with Crippen molar-refractivity contribution in [3.8, 4) is 5.75 Å². The number of carboxylic acids is 1. The van der Waals surface area contributed by atoms with Crippen molar-refractivity contribution in [2.75, 3.05) is 51.1 Å². The van der Waals surface area contributed by atoms with E-state index in [4.69, 9.17) is 4.74 Å². The Morgan fingerprint density at radius 3 is 2.31 bits per heavy atom. The fourth-order valence-electron chi connectivity index (χ4n) is 8.38. The van der Waals surface area contributed by atoms with Crippen LogP contribution in [-0.4, -0.2) is 125 Å². The summed E-state index contributed by atoms with van der Waals surface area (Å²) >= 11 is 0. The third-order valence-corrected chi connectivity index (χ3v) is 11.4. The van der Waals surface area contributed by atoms with Crippen molar-refractivity contribution in [2.24, 2.45) is 5.92 Å². The SMILES string of the molecule is C[B]c1cc(C[C@@H](OC(=O)N2CCC(N3CCc4ccccc4NC3=O)CC2)C(=O)N2CCN(C3CCC(CC(=O)O)CC3)CC2)cc(C)c1O. The molecule has 273 valence electrons. The number of fused-ring (bicyclic) bond motifs is 1. The number of piperazine rings is 1. The van der Waals surface area contributed by atoms with Crippen molar-refractivity contribution in [2.45, 2.75) is 89.7 Å². The second kappa shape index (κ2) is 16.4. The number of rotatable bonds is 9. The van der Waals surface area contributed by atoms with Crippen LogP contribution in [0.25, 0.3) is 0 Å². The Labute approximate surface area is 301 Å². The molecule has 51 heavy (non-hydrogen) atoms. The molecule has 1 atom stereocenters. The maximum absolute atomic E-state index is 14.1. The molecule has 12 nitrogen and oxygen atoms in total. The van der Waals surface area contributed by atoms with E-state index in [1.807, 2.05) is 62.3 Å². The summed E-state index contributed by atoms with van der Waals surface area (Å²) in [6.07, 6.45) is 4.60. The van der Waals surface area contributed by atoms with E-state index in [0.717, 1.165) is 62.0 Å². The average Bonchev–Trinajstić information content (AvgIpc) is 3.30. The van der Waals surface area contributed by atoms with Crippen LogP contribution in [0.4, 0.5) is 15.3 Å². The molecule has 3 aliphatic heterocycles. The molecule has 1 aliphatic carbocycles. The minimum absolute atomic E-state index is 0.00649. The summed E-state index contributed by atoms with van der Waals surface area (Å²) in [7, 11) is 1.82. The number of carbonyl (C=O) groups excluding carboxylic acids is 3. The lowest BCUT2D eigenvalue weighted by atomic mass is 9.71. The van der Waals surface area contributed by atoms with Gasteiger partial charge in [0.05, 0.1) is 0 Å². The second-order valence-corrected chi connectivity index (χ2v) is 14.6. The fourth-order valence-corrected chi connectivity index (χ4v) is 8.38. The van der Waals surface area contributed by atoms with Gasteiger partial charge >= 0.3 is 18.1 Å². The van der Waals surface area contributed by atoms with Crippen LogP contribution in [0.5, 0.6) is 5.75 Å². The predicted octanol–water partition coefficient (Wildman–Crippen LogP) is 3.86. The van der Waals surface area contributed by atoms with Crippen LogP contribution in [0.3, 0.4) is 0 Å². The zero-order chi connectivity index (χ0) is 36.1. The lowest BCUT2D eigenvalue weighted by Gasteiger charge is -2.42. The average molecular weight is 701 g/mol. The van der Waals surface area contributed by atoms with Gasteiger partial charge in [0.2, 0.25) is 0 Å². The normalized spacial score (nSPS) is 22.4. The molecule has 2 aromatic rings. The smallest absolute Gasteiger partial charge is 0.410 e. The number of hydrogen-bond donors (Lipinski definition) is 3. The summed E-state index contributed by atoms with van der Waals surface area (Å²) in [6, 6.07) is 11.8. The molecule has 0 bridgehead atoms. The molecule has 2 aromatic carbocycles. The summed E-state index contributed by atoms with van der Waals surface area (Å²) in [6.45, 7) is 7.59. The number of ether oxygens (including phenoxy) is 1. The topological polar surface area (TPSA) is 143 Å². The van der Waals surface area contributed by atoms with E-state index in [-0.39, 0.29) is 42.5 Å². The highest BCUT2D eigenvalue weighted by molar-refractivity contribution is 6.53. The third kappa shape index (κ3) is 8.80. The maximum atomic E-state index is 14.1. The van der Waals surface area contributed by atoms with E-state index in [1.54, 1.807) is 9.80 Å². The van der Waals surface area contributed by atoms with Gasteiger partial charge in [-0.3, -0.25) is 14.5 Å². The first-order chi connectivity index (χ1) is 24.6. The number of piperidine rings is 1. The lowest BCUT2D eigenvalue weighted by Crippen LogP contribution is -2.55. The minimum Gasteiger partial charge on any atom is -0.508 e. The van der Waals surface area contributed by atoms with Crippen LogP contribution < -0.4 is 10.8 Å². The van der Waals surface area contributed by atoms with Crippen LogP contribution in [-0.2, 0) is 27.2 Å². The molecule has 4 amide bonds. The van der Waals surface area contributed by atoms with Crippen molar-refractivity contribution >= 4 is 42.4 Å². The number of aryl methyl sites for hydroxylation is 1. The van der Waals surface area contributed by atoms with Crippen molar-refractivity contribution in [3.05, 3.63) is 53.1 Å². The van der Waals surface area contributed by atoms with Gasteiger partial charge in [0.15, 0.2) is 13.4 Å². The largest absolute Gasteiger partial charge is 0.508 e. The highest BCUT2D eigenvalue weighted by Gasteiger charge is 2.37. The number of amides is 4. The van der Waals surface area contributed by atoms with Gasteiger partial charge in [0, 0.05) is 76.4 Å². The molecule has 1 saturated carbocycles. The maximum Gasteiger partial charge on any atom is 0.410 e. The molecule has 4 aliphatic rings. The Bertz CT molecular complexity index is 1580. The van der Waals surface area contributed by atoms with Gasteiger partial charge < -0.3 is 35.0 Å². The van der Waals surface area contributed by atoms with Crippen molar-refractivity contribution in [3.63, 3.8) is 0 Å². The number of carboxylic acid groups (broad SMARTS) is 1. The Morgan fingerprint density at radius 2 is 1.63 bits per heavy atom. The molecule has 3 N–H and O–H groups in total. The van der Waals surface area contributed by atoms with Crippen LogP contribution in [0.15, 0.2) is 36.4 Å². The number of benzene rings is 2. The molecular formula is C38H51BN5O7.